The molecule has 0 aliphatic rings. The van der Waals surface area contributed by atoms with E-state index in [4.69, 9.17) is 4.52 Å². The van der Waals surface area contributed by atoms with Crippen molar-refractivity contribution >= 4 is 0 Å². The van der Waals surface area contributed by atoms with Crippen molar-refractivity contribution in [1.29, 1.82) is 0 Å². The van der Waals surface area contributed by atoms with Crippen molar-refractivity contribution in [3.8, 4) is 17.0 Å². The molecule has 0 fully saturated rings. The number of aromatic hydroxyl groups is 1. The summed E-state index contributed by atoms with van der Waals surface area (Å²) in [6.07, 6.45) is 0. The van der Waals surface area contributed by atoms with E-state index >= 15 is 0 Å². The lowest BCUT2D eigenvalue weighted by Gasteiger charge is -2.00. The molecule has 72 valence electrons. The summed E-state index contributed by atoms with van der Waals surface area (Å²) in [5.74, 6) is 0.963. The van der Waals surface area contributed by atoms with Gasteiger partial charge >= 0.3 is 0 Å². The molecule has 3 heteroatoms. The largest absolute Gasteiger partial charge is 0.507 e. The van der Waals surface area contributed by atoms with E-state index in [1.54, 1.807) is 12.1 Å². The lowest BCUT2D eigenvalue weighted by molar-refractivity contribution is 0.399. The predicted molar refractivity (Wildman–Crippen MR) is 53.1 cm³/mol. The molecular formula is C11H11NO2. The third-order valence-corrected chi connectivity index (χ3v) is 2.06. The van der Waals surface area contributed by atoms with Gasteiger partial charge in [0, 0.05) is 11.6 Å². The van der Waals surface area contributed by atoms with E-state index in [1.165, 1.54) is 0 Å². The van der Waals surface area contributed by atoms with Gasteiger partial charge < -0.3 is 9.63 Å². The van der Waals surface area contributed by atoms with Gasteiger partial charge in [-0.3, -0.25) is 0 Å². The molecule has 0 saturated carbocycles. The molecule has 2 rings (SSSR count). The first-order valence-corrected chi connectivity index (χ1v) is 4.40. The number of aromatic nitrogens is 1. The average Bonchev–Trinajstić information content (AvgIpc) is 2.56. The number of hydrogen-bond donors (Lipinski definition) is 1. The van der Waals surface area contributed by atoms with Gasteiger partial charge in [-0.15, -0.1) is 0 Å². The minimum Gasteiger partial charge on any atom is -0.507 e. The number of phenolic OH excluding ortho intramolecular Hbond substituents is 1. The molecule has 0 unspecified atom stereocenters. The smallest absolute Gasteiger partial charge is 0.134 e. The second kappa shape index (κ2) is 3.18. The topological polar surface area (TPSA) is 46.3 Å². The zero-order chi connectivity index (χ0) is 10.1. The Hall–Kier alpha value is -1.77. The highest BCUT2D eigenvalue weighted by Gasteiger charge is 2.08. The van der Waals surface area contributed by atoms with E-state index in [2.05, 4.69) is 5.16 Å². The molecule has 0 atom stereocenters. The summed E-state index contributed by atoms with van der Waals surface area (Å²) in [6.45, 7) is 3.79. The average molecular weight is 189 g/mol. The first kappa shape index (κ1) is 8.81. The highest BCUT2D eigenvalue weighted by molar-refractivity contribution is 5.67. The highest BCUT2D eigenvalue weighted by atomic mass is 16.5. The fraction of sp³-hybridized carbons (Fsp3) is 0.182. The van der Waals surface area contributed by atoms with E-state index in [9.17, 15) is 5.11 Å². The summed E-state index contributed by atoms with van der Waals surface area (Å²) in [4.78, 5) is 0. The molecule has 0 saturated heterocycles. The fourth-order valence-electron chi connectivity index (χ4n) is 1.35. The molecule has 0 radical (unpaired) electrons. The van der Waals surface area contributed by atoms with Crippen LogP contribution in [0.2, 0.25) is 0 Å². The van der Waals surface area contributed by atoms with Crippen molar-refractivity contribution in [3.05, 3.63) is 35.6 Å². The van der Waals surface area contributed by atoms with Gasteiger partial charge in [0.05, 0.1) is 0 Å². The van der Waals surface area contributed by atoms with Gasteiger partial charge in [-0.2, -0.15) is 0 Å². The molecule has 1 N–H and O–H groups in total. The van der Waals surface area contributed by atoms with Gasteiger partial charge in [-0.1, -0.05) is 16.8 Å². The summed E-state index contributed by atoms with van der Waals surface area (Å²) in [6, 6.07) is 7.20. The van der Waals surface area contributed by atoms with E-state index in [-0.39, 0.29) is 5.75 Å². The van der Waals surface area contributed by atoms with Crippen LogP contribution in [0.15, 0.2) is 28.8 Å². The molecular weight excluding hydrogens is 178 g/mol. The standard InChI is InChI=1S/C11H11NO2/c1-7-3-4-11(13)9(5-7)10-6-8(2)14-12-10/h3-6,13H,1-2H3. The zero-order valence-corrected chi connectivity index (χ0v) is 8.11. The monoisotopic (exact) mass is 189 g/mol. The highest BCUT2D eigenvalue weighted by Crippen LogP contribution is 2.29. The first-order chi connectivity index (χ1) is 6.66. The molecule has 14 heavy (non-hydrogen) atoms. The number of phenols is 1. The third-order valence-electron chi connectivity index (χ3n) is 2.06. The lowest BCUT2D eigenvalue weighted by Crippen LogP contribution is -1.80. The van der Waals surface area contributed by atoms with Crippen LogP contribution in [0.1, 0.15) is 11.3 Å². The van der Waals surface area contributed by atoms with Gasteiger partial charge in [0.25, 0.3) is 0 Å². The van der Waals surface area contributed by atoms with E-state index in [0.717, 1.165) is 11.3 Å². The molecule has 0 spiro atoms. The Labute approximate surface area is 82.0 Å². The van der Waals surface area contributed by atoms with E-state index < -0.39 is 0 Å². The second-order valence-electron chi connectivity index (χ2n) is 3.34. The quantitative estimate of drug-likeness (QED) is 0.750. The minimum atomic E-state index is 0.226. The molecule has 0 bridgehead atoms. The van der Waals surface area contributed by atoms with Gasteiger partial charge in [0.1, 0.15) is 17.2 Å². The molecule has 1 aromatic heterocycles. The maximum atomic E-state index is 9.62. The van der Waals surface area contributed by atoms with Crippen LogP contribution >= 0.6 is 0 Å². The van der Waals surface area contributed by atoms with Crippen molar-refractivity contribution in [2.75, 3.05) is 0 Å². The summed E-state index contributed by atoms with van der Waals surface area (Å²) in [5.41, 5.74) is 2.46. The number of benzene rings is 1. The van der Waals surface area contributed by atoms with Gasteiger partial charge in [-0.25, -0.2) is 0 Å². The molecule has 0 aliphatic carbocycles. The van der Waals surface area contributed by atoms with Crippen LogP contribution < -0.4 is 0 Å². The number of nitrogens with zero attached hydrogens (tertiary/aromatic N) is 1. The Morgan fingerprint density at radius 2 is 2.00 bits per heavy atom. The van der Waals surface area contributed by atoms with Crippen molar-refractivity contribution in [1.82, 2.24) is 5.16 Å². The van der Waals surface area contributed by atoms with Crippen molar-refractivity contribution < 1.29 is 9.63 Å². The molecule has 1 aromatic carbocycles. The Kier molecular flexibility index (Phi) is 2.00. The molecule has 2 aromatic rings. The third kappa shape index (κ3) is 1.48. The maximum Gasteiger partial charge on any atom is 0.134 e. The summed E-state index contributed by atoms with van der Waals surface area (Å²) in [5, 5.41) is 13.5. The van der Waals surface area contributed by atoms with Crippen LogP contribution in [0.5, 0.6) is 5.75 Å². The van der Waals surface area contributed by atoms with Crippen LogP contribution in [0.4, 0.5) is 0 Å². The van der Waals surface area contributed by atoms with Crippen molar-refractivity contribution in [3.63, 3.8) is 0 Å². The molecule has 3 nitrogen and oxygen atoms in total. The van der Waals surface area contributed by atoms with Crippen LogP contribution in [-0.2, 0) is 0 Å². The zero-order valence-electron chi connectivity index (χ0n) is 8.11. The van der Waals surface area contributed by atoms with Crippen LogP contribution in [-0.4, -0.2) is 10.3 Å². The first-order valence-electron chi connectivity index (χ1n) is 4.40. The Morgan fingerprint density at radius 3 is 2.64 bits per heavy atom. The number of aryl methyl sites for hydroxylation is 2. The van der Waals surface area contributed by atoms with Gasteiger partial charge in [0.15, 0.2) is 0 Å². The minimum absolute atomic E-state index is 0.226. The molecule has 0 amide bonds. The van der Waals surface area contributed by atoms with Crippen LogP contribution in [0.25, 0.3) is 11.3 Å². The summed E-state index contributed by atoms with van der Waals surface area (Å²) < 4.78 is 4.95. The van der Waals surface area contributed by atoms with Gasteiger partial charge in [0.2, 0.25) is 0 Å². The molecule has 1 heterocycles. The molecule has 0 aliphatic heterocycles. The Balaban J connectivity index is 2.55. The lowest BCUT2D eigenvalue weighted by atomic mass is 10.1. The fourth-order valence-corrected chi connectivity index (χ4v) is 1.35. The van der Waals surface area contributed by atoms with Crippen LogP contribution in [0, 0.1) is 13.8 Å². The summed E-state index contributed by atoms with van der Waals surface area (Å²) in [7, 11) is 0. The van der Waals surface area contributed by atoms with E-state index in [1.807, 2.05) is 26.0 Å². The second-order valence-corrected chi connectivity index (χ2v) is 3.34. The number of hydrogen-bond acceptors (Lipinski definition) is 3. The maximum absolute atomic E-state index is 9.62. The summed E-state index contributed by atoms with van der Waals surface area (Å²) >= 11 is 0. The predicted octanol–water partition coefficient (Wildman–Crippen LogP) is 2.66. The Morgan fingerprint density at radius 1 is 1.21 bits per heavy atom. The van der Waals surface area contributed by atoms with Gasteiger partial charge in [-0.05, 0) is 26.0 Å². The number of rotatable bonds is 1. The van der Waals surface area contributed by atoms with Crippen LogP contribution in [0.3, 0.4) is 0 Å². The van der Waals surface area contributed by atoms with E-state index in [0.29, 0.717) is 11.3 Å². The van der Waals surface area contributed by atoms with Crippen molar-refractivity contribution in [2.45, 2.75) is 13.8 Å². The SMILES string of the molecule is Cc1ccc(O)c(-c2cc(C)on2)c1. The Bertz CT molecular complexity index is 460. The van der Waals surface area contributed by atoms with Crippen molar-refractivity contribution in [2.24, 2.45) is 0 Å². The normalized spacial score (nSPS) is 10.4.